The van der Waals surface area contributed by atoms with Gasteiger partial charge >= 0.3 is 6.09 Å². The van der Waals surface area contributed by atoms with Crippen molar-refractivity contribution in [3.8, 4) is 0 Å². The highest BCUT2D eigenvalue weighted by molar-refractivity contribution is 5.85. The Bertz CT molecular complexity index is 781. The molecule has 0 saturated carbocycles. The van der Waals surface area contributed by atoms with Gasteiger partial charge in [0.15, 0.2) is 0 Å². The molecule has 2 saturated heterocycles. The maximum Gasteiger partial charge on any atom is 0.412 e. The van der Waals surface area contributed by atoms with Crippen molar-refractivity contribution >= 4 is 23.6 Å². The van der Waals surface area contributed by atoms with Crippen LogP contribution in [-0.2, 0) is 25.5 Å². The maximum absolute atomic E-state index is 12.8. The first-order chi connectivity index (χ1) is 14.7. The number of morpholine rings is 1. The highest BCUT2D eigenvalue weighted by Crippen LogP contribution is 2.21. The Balaban J connectivity index is 1.51. The lowest BCUT2D eigenvalue weighted by molar-refractivity contribution is -0.143. The topological polar surface area (TPSA) is 88.2 Å². The van der Waals surface area contributed by atoms with Crippen molar-refractivity contribution in [2.75, 3.05) is 44.7 Å². The molecule has 170 valence electrons. The molecule has 1 atom stereocenters. The smallest absolute Gasteiger partial charge is 0.412 e. The van der Waals surface area contributed by atoms with Gasteiger partial charge in [-0.2, -0.15) is 0 Å². The monoisotopic (exact) mass is 431 g/mol. The number of carbonyl (C=O) groups excluding carboxylic acids is 3. The molecule has 0 radical (unpaired) electrons. The zero-order valence-electron chi connectivity index (χ0n) is 18.7. The van der Waals surface area contributed by atoms with E-state index in [0.29, 0.717) is 45.1 Å². The summed E-state index contributed by atoms with van der Waals surface area (Å²) in [5, 5.41) is 2.68. The second kappa shape index (κ2) is 10.1. The van der Waals surface area contributed by atoms with Gasteiger partial charge in [0.05, 0.1) is 25.6 Å². The molecular formula is C23H33N3O5. The van der Waals surface area contributed by atoms with Crippen molar-refractivity contribution in [2.45, 2.75) is 45.6 Å². The van der Waals surface area contributed by atoms with Crippen LogP contribution in [0.2, 0.25) is 0 Å². The predicted octanol–water partition coefficient (Wildman–Crippen LogP) is 2.67. The van der Waals surface area contributed by atoms with Crippen LogP contribution in [0, 0.1) is 5.92 Å². The molecule has 8 nitrogen and oxygen atoms in total. The highest BCUT2D eigenvalue weighted by Gasteiger charge is 2.31. The molecule has 1 N–H and O–H groups in total. The van der Waals surface area contributed by atoms with Crippen molar-refractivity contribution in [1.82, 2.24) is 9.80 Å². The van der Waals surface area contributed by atoms with Gasteiger partial charge in [0.25, 0.3) is 0 Å². The number of benzene rings is 1. The third-order valence-corrected chi connectivity index (χ3v) is 5.40. The largest absolute Gasteiger partial charge is 0.444 e. The van der Waals surface area contributed by atoms with E-state index in [4.69, 9.17) is 9.47 Å². The number of ether oxygens (including phenoxy) is 2. The number of nitrogens with one attached hydrogen (secondary N) is 1. The lowest BCUT2D eigenvalue weighted by Gasteiger charge is -2.36. The van der Waals surface area contributed by atoms with Crippen LogP contribution in [0.1, 0.15) is 39.2 Å². The first-order valence-electron chi connectivity index (χ1n) is 10.9. The molecule has 2 aliphatic heterocycles. The first kappa shape index (κ1) is 23.1. The number of hydrogen-bond acceptors (Lipinski definition) is 5. The summed E-state index contributed by atoms with van der Waals surface area (Å²) in [5.74, 6) is 0.0295. The Morgan fingerprint density at radius 2 is 1.74 bits per heavy atom. The van der Waals surface area contributed by atoms with Crippen LogP contribution in [-0.4, -0.2) is 72.7 Å². The number of carbonyl (C=O) groups is 3. The minimum atomic E-state index is -0.564. The summed E-state index contributed by atoms with van der Waals surface area (Å²) in [6, 6.07) is 7.16. The van der Waals surface area contributed by atoms with Crippen molar-refractivity contribution < 1.29 is 23.9 Å². The van der Waals surface area contributed by atoms with Crippen LogP contribution >= 0.6 is 0 Å². The van der Waals surface area contributed by atoms with Crippen molar-refractivity contribution in [3.05, 3.63) is 29.8 Å². The fourth-order valence-electron chi connectivity index (χ4n) is 3.86. The first-order valence-corrected chi connectivity index (χ1v) is 10.9. The quantitative estimate of drug-likeness (QED) is 0.792. The summed E-state index contributed by atoms with van der Waals surface area (Å²) < 4.78 is 10.6. The molecule has 8 heteroatoms. The average Bonchev–Trinajstić information content (AvgIpc) is 2.74. The molecule has 31 heavy (non-hydrogen) atoms. The molecule has 2 heterocycles. The standard InChI is InChI=1S/C23H33N3O5/c1-23(2,3)31-22(29)24-19-8-6-17(7-9-19)15-20(27)26-10-4-5-18(16-26)21(28)25-11-13-30-14-12-25/h6-9,18H,4-5,10-16H2,1-3H3,(H,24,29)/t18-/m1/s1. The lowest BCUT2D eigenvalue weighted by atomic mass is 9.95. The van der Waals surface area contributed by atoms with E-state index in [2.05, 4.69) is 5.32 Å². The summed E-state index contributed by atoms with van der Waals surface area (Å²) >= 11 is 0. The van der Waals surface area contributed by atoms with E-state index >= 15 is 0 Å². The summed E-state index contributed by atoms with van der Waals surface area (Å²) in [6.07, 6.45) is 1.42. The molecule has 0 bridgehead atoms. The summed E-state index contributed by atoms with van der Waals surface area (Å²) in [4.78, 5) is 41.1. The molecular weight excluding hydrogens is 398 g/mol. The Morgan fingerprint density at radius 1 is 1.06 bits per heavy atom. The van der Waals surface area contributed by atoms with Crippen LogP contribution in [0.3, 0.4) is 0 Å². The Morgan fingerprint density at radius 3 is 2.39 bits per heavy atom. The number of piperidine rings is 1. The van der Waals surface area contributed by atoms with Gasteiger partial charge < -0.3 is 19.3 Å². The number of hydrogen-bond donors (Lipinski definition) is 1. The third-order valence-electron chi connectivity index (χ3n) is 5.40. The fourth-order valence-corrected chi connectivity index (χ4v) is 3.86. The number of anilines is 1. The van der Waals surface area contributed by atoms with E-state index in [1.54, 1.807) is 37.8 Å². The molecule has 3 rings (SSSR count). The average molecular weight is 432 g/mol. The Labute approximate surface area is 183 Å². The molecule has 0 spiro atoms. The minimum Gasteiger partial charge on any atom is -0.444 e. The van der Waals surface area contributed by atoms with Gasteiger partial charge in [-0.25, -0.2) is 4.79 Å². The van der Waals surface area contributed by atoms with Crippen molar-refractivity contribution in [1.29, 1.82) is 0 Å². The maximum atomic E-state index is 12.8. The predicted molar refractivity (Wildman–Crippen MR) is 117 cm³/mol. The Hall–Kier alpha value is -2.61. The van der Waals surface area contributed by atoms with Gasteiger partial charge in [-0.1, -0.05) is 12.1 Å². The molecule has 0 unspecified atom stereocenters. The van der Waals surface area contributed by atoms with E-state index < -0.39 is 11.7 Å². The van der Waals surface area contributed by atoms with Crippen molar-refractivity contribution in [2.24, 2.45) is 5.92 Å². The number of likely N-dealkylation sites (tertiary alicyclic amines) is 1. The SMILES string of the molecule is CC(C)(C)OC(=O)Nc1ccc(CC(=O)N2CCC[C@@H](C(=O)N3CCOCC3)C2)cc1. The number of rotatable bonds is 4. The zero-order valence-corrected chi connectivity index (χ0v) is 18.7. The van der Waals surface area contributed by atoms with Crippen LogP contribution in [0.15, 0.2) is 24.3 Å². The second-order valence-corrected chi connectivity index (χ2v) is 9.12. The number of amides is 3. The van der Waals surface area contributed by atoms with E-state index in [-0.39, 0.29) is 24.2 Å². The highest BCUT2D eigenvalue weighted by atomic mass is 16.6. The summed E-state index contributed by atoms with van der Waals surface area (Å²) in [7, 11) is 0. The van der Waals surface area contributed by atoms with Crippen LogP contribution in [0.4, 0.5) is 10.5 Å². The van der Waals surface area contributed by atoms with Gasteiger partial charge in [-0.15, -0.1) is 0 Å². The van der Waals surface area contributed by atoms with Crippen LogP contribution in [0.5, 0.6) is 0 Å². The molecule has 2 fully saturated rings. The van der Waals surface area contributed by atoms with E-state index in [1.165, 1.54) is 0 Å². The molecule has 3 amide bonds. The van der Waals surface area contributed by atoms with E-state index in [0.717, 1.165) is 18.4 Å². The molecule has 0 aliphatic carbocycles. The molecule has 2 aliphatic rings. The molecule has 0 aromatic heterocycles. The van der Waals surface area contributed by atoms with Gasteiger partial charge in [-0.3, -0.25) is 14.9 Å². The zero-order chi connectivity index (χ0) is 22.4. The minimum absolute atomic E-state index is 0.0207. The Kier molecular flexibility index (Phi) is 7.54. The number of nitrogens with zero attached hydrogens (tertiary/aromatic N) is 2. The van der Waals surface area contributed by atoms with E-state index in [9.17, 15) is 14.4 Å². The molecule has 1 aromatic rings. The molecule has 1 aromatic carbocycles. The summed E-state index contributed by atoms with van der Waals surface area (Å²) in [6.45, 7) is 9.01. The van der Waals surface area contributed by atoms with Gasteiger partial charge in [0.2, 0.25) is 11.8 Å². The lowest BCUT2D eigenvalue weighted by Crippen LogP contribution is -2.49. The van der Waals surface area contributed by atoms with Gasteiger partial charge in [0.1, 0.15) is 5.60 Å². The second-order valence-electron chi connectivity index (χ2n) is 9.12. The van der Waals surface area contributed by atoms with E-state index in [1.807, 2.05) is 17.0 Å². The van der Waals surface area contributed by atoms with Crippen LogP contribution in [0.25, 0.3) is 0 Å². The van der Waals surface area contributed by atoms with Crippen LogP contribution < -0.4 is 5.32 Å². The van der Waals surface area contributed by atoms with Gasteiger partial charge in [-0.05, 0) is 51.3 Å². The fraction of sp³-hybridized carbons (Fsp3) is 0.609. The summed E-state index contributed by atoms with van der Waals surface area (Å²) in [5.41, 5.74) is 0.910. The third kappa shape index (κ3) is 6.95. The van der Waals surface area contributed by atoms with Crippen molar-refractivity contribution in [3.63, 3.8) is 0 Å². The normalized spacial score (nSPS) is 19.6. The van der Waals surface area contributed by atoms with Gasteiger partial charge in [0, 0.05) is 31.9 Å².